The molecule has 0 N–H and O–H groups in total. The minimum atomic E-state index is -2.94. The van der Waals surface area contributed by atoms with E-state index in [2.05, 4.69) is 42.2 Å². The molecular formula is C40H30IrNOP-2. The van der Waals surface area contributed by atoms with E-state index in [1.54, 1.807) is 0 Å². The Morgan fingerprint density at radius 2 is 1.18 bits per heavy atom. The van der Waals surface area contributed by atoms with Crippen molar-refractivity contribution in [2.75, 3.05) is 0 Å². The third-order valence-corrected chi connectivity index (χ3v) is 10.4. The number of pyridine rings is 1. The predicted octanol–water partition coefficient (Wildman–Crippen LogP) is 8.80. The van der Waals surface area contributed by atoms with Crippen LogP contribution in [0.1, 0.15) is 5.56 Å². The number of hydrogen-bond acceptors (Lipinski definition) is 2. The third-order valence-electron chi connectivity index (χ3n) is 7.42. The van der Waals surface area contributed by atoms with Crippen LogP contribution >= 0.6 is 7.14 Å². The molecular weight excluding hydrogens is 734 g/mol. The molecule has 2 nitrogen and oxygen atoms in total. The van der Waals surface area contributed by atoms with Gasteiger partial charge in [0.1, 0.15) is 7.14 Å². The number of aryl methyl sites for hydroxylation is 1. The van der Waals surface area contributed by atoms with Gasteiger partial charge in [-0.2, -0.15) is 18.2 Å². The van der Waals surface area contributed by atoms with Gasteiger partial charge in [-0.1, -0.05) is 121 Å². The molecule has 0 saturated carbocycles. The van der Waals surface area contributed by atoms with Crippen LogP contribution in [-0.2, 0) is 24.7 Å². The van der Waals surface area contributed by atoms with E-state index in [-0.39, 0.29) is 20.1 Å². The molecule has 6 aromatic carbocycles. The molecule has 7 aromatic rings. The molecule has 0 unspecified atom stereocenters. The molecule has 0 fully saturated rings. The second-order valence-corrected chi connectivity index (χ2v) is 13.0. The Bertz CT molecular complexity index is 1950. The summed E-state index contributed by atoms with van der Waals surface area (Å²) in [7, 11) is -2.94. The van der Waals surface area contributed by atoms with Crippen molar-refractivity contribution in [1.82, 2.24) is 4.98 Å². The summed E-state index contributed by atoms with van der Waals surface area (Å²) < 4.78 is 14.2. The van der Waals surface area contributed by atoms with E-state index in [0.29, 0.717) is 0 Å². The summed E-state index contributed by atoms with van der Waals surface area (Å²) in [6.45, 7) is 2.12. The molecule has 0 bridgehead atoms. The molecule has 1 radical (unpaired) electrons. The van der Waals surface area contributed by atoms with Crippen molar-refractivity contribution in [3.8, 4) is 22.4 Å². The zero-order valence-electron chi connectivity index (χ0n) is 24.2. The van der Waals surface area contributed by atoms with E-state index >= 15 is 0 Å². The summed E-state index contributed by atoms with van der Waals surface area (Å²) >= 11 is 0. The fourth-order valence-corrected chi connectivity index (χ4v) is 7.78. The van der Waals surface area contributed by atoms with Crippen LogP contribution in [0.15, 0.2) is 164 Å². The zero-order chi connectivity index (χ0) is 29.5. The van der Waals surface area contributed by atoms with Gasteiger partial charge in [0.25, 0.3) is 0 Å². The van der Waals surface area contributed by atoms with E-state index in [1.165, 1.54) is 16.7 Å². The normalized spacial score (nSPS) is 10.8. The van der Waals surface area contributed by atoms with Crippen LogP contribution in [0.3, 0.4) is 0 Å². The fraction of sp³-hybridized carbons (Fsp3) is 0.0250. The van der Waals surface area contributed by atoms with Crippen LogP contribution in [0, 0.1) is 19.1 Å². The average Bonchev–Trinajstić information content (AvgIpc) is 3.09. The first kappa shape index (κ1) is 31.0. The van der Waals surface area contributed by atoms with E-state index in [1.807, 2.05) is 146 Å². The van der Waals surface area contributed by atoms with Crippen LogP contribution < -0.4 is 15.9 Å². The molecule has 217 valence electrons. The van der Waals surface area contributed by atoms with Crippen LogP contribution in [0.25, 0.3) is 33.2 Å². The van der Waals surface area contributed by atoms with Gasteiger partial charge in [0.15, 0.2) is 0 Å². The molecule has 1 aromatic heterocycles. The number of aromatic nitrogens is 1. The van der Waals surface area contributed by atoms with Gasteiger partial charge in [0.2, 0.25) is 0 Å². The van der Waals surface area contributed by atoms with Crippen molar-refractivity contribution < 1.29 is 24.7 Å². The Hall–Kier alpha value is -4.39. The standard InChI is InChI=1S/C22H16OP.C18H14N.Ir/c23-24(20-11-3-1-4-12-20,21-13-5-2-6-14-21)22-16-15-18-9-7-8-10-19(18)17-22;1-14-12-18(16-10-6-3-7-11-16)19-13-17(14)15-8-4-2-5-9-15;/h1-15,17H;2-10,12-13H,1H3;/q2*-1;. The quantitative estimate of drug-likeness (QED) is 0.130. The van der Waals surface area contributed by atoms with Gasteiger partial charge >= 0.3 is 0 Å². The number of hydrogen-bond donors (Lipinski definition) is 0. The first-order chi connectivity index (χ1) is 21.1. The minimum Gasteiger partial charge on any atom is -0.311 e. The SMILES string of the molecule is Cc1cc(-c2[c-]cccc2)ncc1-c1ccccc1.O=P(c1[c-]cc2ccccc2c1)(c1ccccc1)c1ccccc1.[Ir]. The molecule has 0 spiro atoms. The third kappa shape index (κ3) is 6.72. The molecule has 0 aliphatic rings. The maximum absolute atomic E-state index is 14.2. The van der Waals surface area contributed by atoms with Crippen molar-refractivity contribution in [1.29, 1.82) is 0 Å². The molecule has 0 aliphatic carbocycles. The van der Waals surface area contributed by atoms with Crippen molar-refractivity contribution in [2.45, 2.75) is 6.92 Å². The van der Waals surface area contributed by atoms with E-state index < -0.39 is 7.14 Å². The molecule has 7 rings (SSSR count). The average molecular weight is 764 g/mol. The number of fused-ring (bicyclic) bond motifs is 1. The summed E-state index contributed by atoms with van der Waals surface area (Å²) in [5, 5.41) is 4.61. The fourth-order valence-electron chi connectivity index (χ4n) is 5.18. The van der Waals surface area contributed by atoms with Crippen molar-refractivity contribution in [2.24, 2.45) is 0 Å². The van der Waals surface area contributed by atoms with E-state index in [0.717, 1.165) is 37.9 Å². The van der Waals surface area contributed by atoms with Crippen LogP contribution in [-0.4, -0.2) is 4.98 Å². The van der Waals surface area contributed by atoms with Gasteiger partial charge in [-0.05, 0) is 23.7 Å². The minimum absolute atomic E-state index is 0. The predicted molar refractivity (Wildman–Crippen MR) is 181 cm³/mol. The van der Waals surface area contributed by atoms with Crippen LogP contribution in [0.4, 0.5) is 0 Å². The zero-order valence-corrected chi connectivity index (χ0v) is 27.5. The Kier molecular flexibility index (Phi) is 10.2. The van der Waals surface area contributed by atoms with Gasteiger partial charge < -0.3 is 9.55 Å². The Morgan fingerprint density at radius 3 is 1.77 bits per heavy atom. The molecule has 0 amide bonds. The number of rotatable bonds is 5. The summed E-state index contributed by atoms with van der Waals surface area (Å²) in [6, 6.07) is 58.3. The van der Waals surface area contributed by atoms with Gasteiger partial charge in [0, 0.05) is 42.5 Å². The summed E-state index contributed by atoms with van der Waals surface area (Å²) in [5.74, 6) is 0. The van der Waals surface area contributed by atoms with Crippen LogP contribution in [0.5, 0.6) is 0 Å². The Labute approximate surface area is 273 Å². The topological polar surface area (TPSA) is 30.0 Å². The summed E-state index contributed by atoms with van der Waals surface area (Å²) in [4.78, 5) is 4.55. The monoisotopic (exact) mass is 764 g/mol. The van der Waals surface area contributed by atoms with Gasteiger partial charge in [-0.15, -0.1) is 52.7 Å². The molecule has 0 aliphatic heterocycles. The maximum atomic E-state index is 14.2. The second-order valence-electron chi connectivity index (χ2n) is 10.3. The summed E-state index contributed by atoms with van der Waals surface area (Å²) in [6.07, 6.45) is 1.95. The molecule has 0 saturated heterocycles. The van der Waals surface area contributed by atoms with E-state index in [9.17, 15) is 4.57 Å². The molecule has 4 heteroatoms. The van der Waals surface area contributed by atoms with Crippen molar-refractivity contribution >= 4 is 33.8 Å². The van der Waals surface area contributed by atoms with Crippen molar-refractivity contribution in [3.05, 3.63) is 182 Å². The van der Waals surface area contributed by atoms with Crippen molar-refractivity contribution in [3.63, 3.8) is 0 Å². The Balaban J connectivity index is 0.000000175. The largest absolute Gasteiger partial charge is 0.311 e. The van der Waals surface area contributed by atoms with Gasteiger partial charge in [-0.25, -0.2) is 0 Å². The maximum Gasteiger partial charge on any atom is 0.147 e. The first-order valence-corrected chi connectivity index (χ1v) is 15.9. The number of benzene rings is 6. The first-order valence-electron chi connectivity index (χ1n) is 14.2. The molecule has 0 atom stereocenters. The number of nitrogens with zero attached hydrogens (tertiary/aromatic N) is 1. The van der Waals surface area contributed by atoms with E-state index in [4.69, 9.17) is 0 Å². The van der Waals surface area contributed by atoms with Gasteiger partial charge in [0.05, 0.1) is 0 Å². The Morgan fingerprint density at radius 1 is 0.614 bits per heavy atom. The second kappa shape index (κ2) is 14.4. The molecule has 44 heavy (non-hydrogen) atoms. The van der Waals surface area contributed by atoms with Gasteiger partial charge in [-0.3, -0.25) is 0 Å². The molecule has 1 heterocycles. The smallest absolute Gasteiger partial charge is 0.147 e. The van der Waals surface area contributed by atoms with Crippen LogP contribution in [0.2, 0.25) is 0 Å². The summed E-state index contributed by atoms with van der Waals surface area (Å²) in [5.41, 5.74) is 5.62.